The summed E-state index contributed by atoms with van der Waals surface area (Å²) < 4.78 is 2.39. The first-order valence-corrected chi connectivity index (χ1v) is 7.21. The van der Waals surface area contributed by atoms with E-state index in [0.29, 0.717) is 0 Å². The van der Waals surface area contributed by atoms with E-state index in [1.165, 1.54) is 0 Å². The van der Waals surface area contributed by atoms with Gasteiger partial charge in [-0.1, -0.05) is 30.9 Å². The molecule has 0 radical (unpaired) electrons. The van der Waals surface area contributed by atoms with Crippen LogP contribution in [0.1, 0.15) is 0 Å². The van der Waals surface area contributed by atoms with Gasteiger partial charge in [0.25, 0.3) is 0 Å². The van der Waals surface area contributed by atoms with Crippen molar-refractivity contribution in [3.63, 3.8) is 0 Å². The van der Waals surface area contributed by atoms with Crippen molar-refractivity contribution in [1.29, 1.82) is 0 Å². The summed E-state index contributed by atoms with van der Waals surface area (Å²) in [6.45, 7) is 17.8. The lowest BCUT2D eigenvalue weighted by molar-refractivity contribution is 0.522. The van der Waals surface area contributed by atoms with Crippen molar-refractivity contribution in [2.75, 3.05) is 13.1 Å². The fourth-order valence-electron chi connectivity index (χ4n) is 0.986. The summed E-state index contributed by atoms with van der Waals surface area (Å²) in [5.41, 5.74) is 2.08. The Morgan fingerprint density at radius 1 is 1.08 bits per heavy atom. The van der Waals surface area contributed by atoms with Gasteiger partial charge in [-0.15, -0.1) is 19.7 Å². The summed E-state index contributed by atoms with van der Waals surface area (Å²) in [7, 11) is -1.39. The smallest absolute Gasteiger partial charge is 0.146 e. The summed E-state index contributed by atoms with van der Waals surface area (Å²) in [6, 6.07) is 0. The van der Waals surface area contributed by atoms with Crippen LogP contribution in [0, 0.1) is 0 Å². The van der Waals surface area contributed by atoms with E-state index < -0.39 is 8.24 Å². The summed E-state index contributed by atoms with van der Waals surface area (Å²) in [6.07, 6.45) is 3.86. The molecule has 0 heterocycles. The third kappa shape index (κ3) is 3.20. The minimum Gasteiger partial charge on any atom is -0.314 e. The van der Waals surface area contributed by atoms with Crippen LogP contribution >= 0.6 is 0 Å². The van der Waals surface area contributed by atoms with Gasteiger partial charge < -0.3 is 4.57 Å². The fraction of sp³-hybridized carbons (Fsp3) is 0.400. The summed E-state index contributed by atoms with van der Waals surface area (Å²) >= 11 is 0. The zero-order valence-corrected chi connectivity index (χ0v) is 9.21. The van der Waals surface area contributed by atoms with Crippen molar-refractivity contribution < 1.29 is 0 Å². The molecule has 0 fully saturated rings. The van der Waals surface area contributed by atoms with Crippen LogP contribution in [0.25, 0.3) is 0 Å². The standard InChI is InChI=1S/C10H19NSi/c1-6-9-11(10-7-2)12(4,5)8-3/h6-8H,1-3,9-10H2,4-5H3. The SMILES string of the molecule is C=CCN(CC=C)[Si](C)(C)C=C. The van der Waals surface area contributed by atoms with Crippen LogP contribution in [0.4, 0.5) is 0 Å². The van der Waals surface area contributed by atoms with Crippen LogP contribution in [0.15, 0.2) is 37.6 Å². The summed E-state index contributed by atoms with van der Waals surface area (Å²) in [5, 5.41) is 0. The number of hydrogen-bond acceptors (Lipinski definition) is 1. The van der Waals surface area contributed by atoms with Crippen LogP contribution in [-0.4, -0.2) is 25.9 Å². The van der Waals surface area contributed by atoms with E-state index in [1.807, 2.05) is 12.2 Å². The molecule has 0 aliphatic carbocycles. The van der Waals surface area contributed by atoms with E-state index in [2.05, 4.69) is 43.1 Å². The van der Waals surface area contributed by atoms with Gasteiger partial charge in [0.15, 0.2) is 0 Å². The van der Waals surface area contributed by atoms with Gasteiger partial charge in [-0.2, -0.15) is 0 Å². The summed E-state index contributed by atoms with van der Waals surface area (Å²) in [5.74, 6) is 0. The average Bonchev–Trinajstić information content (AvgIpc) is 2.04. The molecule has 0 bridgehead atoms. The molecule has 0 saturated carbocycles. The predicted molar refractivity (Wildman–Crippen MR) is 59.6 cm³/mol. The second-order valence-corrected chi connectivity index (χ2v) is 7.69. The number of rotatable bonds is 6. The molecule has 2 heteroatoms. The number of hydrogen-bond donors (Lipinski definition) is 0. The van der Waals surface area contributed by atoms with Crippen molar-refractivity contribution in [1.82, 2.24) is 4.57 Å². The maximum Gasteiger partial charge on any atom is 0.146 e. The van der Waals surface area contributed by atoms with Crippen molar-refractivity contribution >= 4 is 8.24 Å². The first-order valence-electron chi connectivity index (χ1n) is 4.19. The predicted octanol–water partition coefficient (Wildman–Crippen LogP) is 2.59. The monoisotopic (exact) mass is 181 g/mol. The molecular weight excluding hydrogens is 162 g/mol. The molecule has 0 saturated heterocycles. The van der Waals surface area contributed by atoms with E-state index in [4.69, 9.17) is 0 Å². The van der Waals surface area contributed by atoms with E-state index in [0.717, 1.165) is 13.1 Å². The second kappa shape index (κ2) is 5.12. The number of nitrogens with zero attached hydrogens (tertiary/aromatic N) is 1. The highest BCUT2D eigenvalue weighted by Gasteiger charge is 2.23. The largest absolute Gasteiger partial charge is 0.314 e. The van der Waals surface area contributed by atoms with Crippen molar-refractivity contribution in [3.05, 3.63) is 37.6 Å². The topological polar surface area (TPSA) is 3.24 Å². The van der Waals surface area contributed by atoms with Crippen LogP contribution in [0.3, 0.4) is 0 Å². The van der Waals surface area contributed by atoms with Gasteiger partial charge in [0, 0.05) is 13.1 Å². The lowest BCUT2D eigenvalue weighted by atomic mass is 10.5. The van der Waals surface area contributed by atoms with Gasteiger partial charge in [0.1, 0.15) is 8.24 Å². The van der Waals surface area contributed by atoms with E-state index in [9.17, 15) is 0 Å². The maximum absolute atomic E-state index is 3.87. The molecule has 0 N–H and O–H groups in total. The van der Waals surface area contributed by atoms with Crippen molar-refractivity contribution in [2.45, 2.75) is 13.1 Å². The van der Waals surface area contributed by atoms with Crippen LogP contribution in [0.5, 0.6) is 0 Å². The third-order valence-corrected chi connectivity index (χ3v) is 5.01. The van der Waals surface area contributed by atoms with Gasteiger partial charge >= 0.3 is 0 Å². The Balaban J connectivity index is 4.35. The molecule has 0 aliphatic rings. The molecule has 0 spiro atoms. The molecule has 0 rings (SSSR count). The lowest BCUT2D eigenvalue weighted by Gasteiger charge is -2.32. The minimum absolute atomic E-state index is 0.928. The first kappa shape index (κ1) is 11.4. The Kier molecular flexibility index (Phi) is 4.86. The molecule has 0 aromatic carbocycles. The minimum atomic E-state index is -1.39. The van der Waals surface area contributed by atoms with E-state index in [1.54, 1.807) is 0 Å². The van der Waals surface area contributed by atoms with Crippen LogP contribution in [-0.2, 0) is 0 Å². The Bertz CT molecular complexity index is 163. The molecule has 0 aromatic rings. The molecule has 0 atom stereocenters. The highest BCUT2D eigenvalue weighted by atomic mass is 28.3. The molecule has 0 unspecified atom stereocenters. The zero-order chi connectivity index (χ0) is 9.61. The Hall–Kier alpha value is -0.603. The maximum atomic E-state index is 3.87. The molecule has 1 nitrogen and oxygen atoms in total. The molecular formula is C10H19NSi. The zero-order valence-electron chi connectivity index (χ0n) is 8.21. The van der Waals surface area contributed by atoms with Gasteiger partial charge in [0.05, 0.1) is 0 Å². The highest BCUT2D eigenvalue weighted by Crippen LogP contribution is 2.10. The molecule has 68 valence electrons. The fourth-order valence-corrected chi connectivity index (χ4v) is 2.44. The van der Waals surface area contributed by atoms with Crippen molar-refractivity contribution in [3.8, 4) is 0 Å². The van der Waals surface area contributed by atoms with Gasteiger partial charge in [-0.05, 0) is 0 Å². The second-order valence-electron chi connectivity index (χ2n) is 3.34. The van der Waals surface area contributed by atoms with Gasteiger partial charge in [-0.25, -0.2) is 0 Å². The van der Waals surface area contributed by atoms with E-state index >= 15 is 0 Å². The summed E-state index contributed by atoms with van der Waals surface area (Å²) in [4.78, 5) is 0. The lowest BCUT2D eigenvalue weighted by Crippen LogP contribution is -2.47. The third-order valence-electron chi connectivity index (χ3n) is 2.01. The Morgan fingerprint density at radius 3 is 1.75 bits per heavy atom. The molecule has 0 aliphatic heterocycles. The van der Waals surface area contributed by atoms with Gasteiger partial charge in [-0.3, -0.25) is 0 Å². The van der Waals surface area contributed by atoms with Crippen LogP contribution in [0.2, 0.25) is 13.1 Å². The van der Waals surface area contributed by atoms with E-state index in [-0.39, 0.29) is 0 Å². The first-order chi connectivity index (χ1) is 5.58. The highest BCUT2D eigenvalue weighted by molar-refractivity contribution is 6.79. The normalized spacial score (nSPS) is 11.2. The quantitative estimate of drug-likeness (QED) is 0.450. The molecule has 0 amide bonds. The Labute approximate surface area is 77.2 Å². The van der Waals surface area contributed by atoms with Crippen LogP contribution < -0.4 is 0 Å². The molecule has 12 heavy (non-hydrogen) atoms. The Morgan fingerprint density at radius 2 is 1.50 bits per heavy atom. The average molecular weight is 181 g/mol. The van der Waals surface area contributed by atoms with Gasteiger partial charge in [0.2, 0.25) is 0 Å². The van der Waals surface area contributed by atoms with Crippen molar-refractivity contribution in [2.24, 2.45) is 0 Å². The molecule has 0 aromatic heterocycles.